The zero-order chi connectivity index (χ0) is 25.0. The first-order valence-corrected chi connectivity index (χ1v) is 14.2. The number of likely N-dealkylation sites (N-methyl/N-ethyl adjacent to an activating group) is 1. The fourth-order valence-corrected chi connectivity index (χ4v) is 4.19. The average molecular weight is 497 g/mol. The van der Waals surface area contributed by atoms with Crippen LogP contribution in [0.2, 0.25) is 0 Å². The van der Waals surface area contributed by atoms with Gasteiger partial charge in [-0.15, -0.1) is 0 Å². The lowest BCUT2D eigenvalue weighted by Gasteiger charge is -2.24. The van der Waals surface area contributed by atoms with Crippen LogP contribution in [0.1, 0.15) is 90.4 Å². The number of hydrogen-bond acceptors (Lipinski definition) is 6. The van der Waals surface area contributed by atoms with Gasteiger partial charge >= 0.3 is 14.0 Å². The number of quaternary nitrogens is 1. The highest BCUT2D eigenvalue weighted by Gasteiger charge is 2.25. The van der Waals surface area contributed by atoms with Gasteiger partial charge in [0.25, 0.3) is 0 Å². The van der Waals surface area contributed by atoms with Crippen molar-refractivity contribution in [1.29, 1.82) is 0 Å². The number of carbonyl (C=O) groups is 1. The summed E-state index contributed by atoms with van der Waals surface area (Å²) in [5, 5.41) is 0. The summed E-state index contributed by atoms with van der Waals surface area (Å²) in [6.45, 7) is 3.03. The Balaban J connectivity index is 4.11. The zero-order valence-corrected chi connectivity index (χ0v) is 22.8. The lowest BCUT2D eigenvalue weighted by atomic mass is 10.0. The number of ether oxygens (including phenoxy) is 2. The average Bonchev–Trinajstić information content (AvgIpc) is 2.74. The van der Waals surface area contributed by atoms with E-state index in [-0.39, 0.29) is 25.7 Å². The molecule has 33 heavy (non-hydrogen) atoms. The van der Waals surface area contributed by atoms with Crippen molar-refractivity contribution in [2.24, 2.45) is 5.92 Å². The van der Waals surface area contributed by atoms with Gasteiger partial charge in [-0.1, -0.05) is 84.0 Å². The third kappa shape index (κ3) is 22.9. The predicted octanol–water partition coefficient (Wildman–Crippen LogP) is 6.32. The van der Waals surface area contributed by atoms with E-state index >= 15 is 0 Å². The van der Waals surface area contributed by atoms with Crippen molar-refractivity contribution < 1.29 is 37.3 Å². The van der Waals surface area contributed by atoms with E-state index in [1.165, 1.54) is 71.3 Å². The van der Waals surface area contributed by atoms with E-state index in [4.69, 9.17) is 13.8 Å². The molecular weight excluding hydrogens is 445 g/mol. The Morgan fingerprint density at radius 3 is 1.85 bits per heavy atom. The first-order chi connectivity index (χ1) is 15.6. The van der Waals surface area contributed by atoms with Gasteiger partial charge in [0.05, 0.1) is 41.5 Å². The Hall–Kier alpha value is -0.660. The molecule has 0 spiro atoms. The molecule has 1 N–H and O–H groups in total. The number of hydrogen-bond donors (Lipinski definition) is 1. The van der Waals surface area contributed by atoms with Gasteiger partial charge in [-0.3, -0.25) is 9.05 Å². The van der Waals surface area contributed by atoms with Crippen LogP contribution >= 0.6 is 7.82 Å². The zero-order valence-electron chi connectivity index (χ0n) is 21.9. The smallest absolute Gasteiger partial charge is 0.438 e. The largest absolute Gasteiger partial charge is 0.507 e. The van der Waals surface area contributed by atoms with Crippen molar-refractivity contribution in [3.63, 3.8) is 0 Å². The summed E-state index contributed by atoms with van der Waals surface area (Å²) in [4.78, 5) is 21.2. The molecule has 0 aromatic rings. The highest BCUT2D eigenvalue weighted by atomic mass is 31.2. The summed E-state index contributed by atoms with van der Waals surface area (Å²) < 4.78 is 32.6. The number of carbonyl (C=O) groups excluding carboxylic acids is 1. The molecule has 0 fully saturated rings. The molecule has 0 bridgehead atoms. The van der Waals surface area contributed by atoms with Gasteiger partial charge in [0.2, 0.25) is 0 Å². The maximum atomic E-state index is 12.1. The fourth-order valence-electron chi connectivity index (χ4n) is 3.40. The van der Waals surface area contributed by atoms with Crippen molar-refractivity contribution in [1.82, 2.24) is 0 Å². The van der Waals surface area contributed by atoms with Crippen LogP contribution in [-0.2, 0) is 23.1 Å². The molecule has 0 aliphatic heterocycles. The van der Waals surface area contributed by atoms with Crippen LogP contribution in [0.15, 0.2) is 0 Å². The Morgan fingerprint density at radius 2 is 1.36 bits per heavy atom. The third-order valence-corrected chi connectivity index (χ3v) is 6.54. The molecule has 0 radical (unpaired) electrons. The number of nitrogens with zero attached hydrogens (tertiary/aromatic N) is 1. The summed E-state index contributed by atoms with van der Waals surface area (Å²) in [5.41, 5.74) is 0. The number of phosphoric ester groups is 1. The van der Waals surface area contributed by atoms with Crippen LogP contribution in [0.5, 0.6) is 0 Å². The van der Waals surface area contributed by atoms with Crippen molar-refractivity contribution in [3.8, 4) is 0 Å². The van der Waals surface area contributed by atoms with E-state index < -0.39 is 14.0 Å². The second-order valence-corrected chi connectivity index (χ2v) is 11.4. The van der Waals surface area contributed by atoms with E-state index in [2.05, 4.69) is 11.7 Å². The first kappa shape index (κ1) is 32.3. The van der Waals surface area contributed by atoms with Gasteiger partial charge < -0.3 is 18.9 Å². The molecule has 8 nitrogen and oxygen atoms in total. The van der Waals surface area contributed by atoms with Crippen LogP contribution in [0, 0.1) is 5.92 Å². The molecule has 0 saturated carbocycles. The number of rotatable bonds is 22. The van der Waals surface area contributed by atoms with Crippen molar-refractivity contribution >= 4 is 14.0 Å². The highest BCUT2D eigenvalue weighted by Crippen LogP contribution is 2.43. The summed E-state index contributed by atoms with van der Waals surface area (Å²) in [6, 6.07) is 0. The number of methoxy groups -OCH3 is 1. The van der Waals surface area contributed by atoms with Crippen LogP contribution < -0.4 is 0 Å². The quantitative estimate of drug-likeness (QED) is 0.0812. The Bertz CT molecular complexity index is 525. The molecule has 0 heterocycles. The minimum Gasteiger partial charge on any atom is -0.438 e. The normalized spacial score (nSPS) is 14.6. The Morgan fingerprint density at radius 1 is 0.848 bits per heavy atom. The summed E-state index contributed by atoms with van der Waals surface area (Å²) in [5.74, 6) is -0.185. The second kappa shape index (κ2) is 19.6. The monoisotopic (exact) mass is 496 g/mol. The van der Waals surface area contributed by atoms with Crippen molar-refractivity contribution in [3.05, 3.63) is 0 Å². The maximum absolute atomic E-state index is 12.1. The minimum atomic E-state index is -4.14. The molecule has 0 aromatic carbocycles. The van der Waals surface area contributed by atoms with Crippen LogP contribution in [-0.4, -0.2) is 70.2 Å². The van der Waals surface area contributed by atoms with Gasteiger partial charge in [0.1, 0.15) is 13.2 Å². The van der Waals surface area contributed by atoms with Gasteiger partial charge in [0, 0.05) is 5.92 Å². The topological polar surface area (TPSA) is 91.3 Å². The molecule has 198 valence electrons. The second-order valence-electron chi connectivity index (χ2n) is 9.92. The molecule has 2 atom stereocenters. The molecule has 0 rings (SSSR count). The molecule has 2 unspecified atom stereocenters. The van der Waals surface area contributed by atoms with Gasteiger partial charge in [0.15, 0.2) is 0 Å². The van der Waals surface area contributed by atoms with E-state index in [0.717, 1.165) is 19.3 Å². The van der Waals surface area contributed by atoms with Crippen molar-refractivity contribution in [2.45, 2.75) is 90.4 Å². The van der Waals surface area contributed by atoms with E-state index in [0.29, 0.717) is 11.0 Å². The van der Waals surface area contributed by atoms with Crippen LogP contribution in [0.4, 0.5) is 4.79 Å². The lowest BCUT2D eigenvalue weighted by Crippen LogP contribution is -2.37. The van der Waals surface area contributed by atoms with Crippen molar-refractivity contribution in [2.75, 3.05) is 54.6 Å². The number of unbranched alkanes of at least 4 members (excludes halogenated alkanes) is 11. The van der Waals surface area contributed by atoms with Crippen LogP contribution in [0.3, 0.4) is 0 Å². The summed E-state index contributed by atoms with van der Waals surface area (Å²) in [6.07, 6.45) is 15.1. The fraction of sp³-hybridized carbons (Fsp3) is 0.958. The van der Waals surface area contributed by atoms with Gasteiger partial charge in [-0.05, 0) is 6.42 Å². The Kier molecular flexibility index (Phi) is 19.2. The molecule has 0 aromatic heterocycles. The molecule has 0 aliphatic carbocycles. The molecule has 0 amide bonds. The standard InChI is InChI=1S/C24H50NO7P/c1-6-7-8-9-10-11-12-13-14-15-16-17-18-23(21-30-24(26)29-5)22-32-33(27,28)31-20-19-25(2,3)4/h23H,6-22H2,1-5H3/p+1. The SMILES string of the molecule is CCCCCCCCCCCCCCC(COC(=O)OC)COP(=O)(O)OCC[N+](C)(C)C. The number of phosphoric acid groups is 1. The first-order valence-electron chi connectivity index (χ1n) is 12.7. The lowest BCUT2D eigenvalue weighted by molar-refractivity contribution is -0.870. The van der Waals surface area contributed by atoms with E-state index in [1.807, 2.05) is 21.1 Å². The molecule has 0 aliphatic rings. The predicted molar refractivity (Wildman–Crippen MR) is 132 cm³/mol. The maximum Gasteiger partial charge on any atom is 0.507 e. The molecule has 9 heteroatoms. The third-order valence-electron chi connectivity index (χ3n) is 5.56. The van der Waals surface area contributed by atoms with E-state index in [9.17, 15) is 14.3 Å². The highest BCUT2D eigenvalue weighted by molar-refractivity contribution is 7.47. The molecular formula is C24H51NO7P+. The van der Waals surface area contributed by atoms with Gasteiger partial charge in [-0.25, -0.2) is 9.36 Å². The van der Waals surface area contributed by atoms with Crippen LogP contribution in [0.25, 0.3) is 0 Å². The Labute approximate surface area is 202 Å². The summed E-state index contributed by atoms with van der Waals surface area (Å²) in [7, 11) is 3.03. The minimum absolute atomic E-state index is 0.00677. The molecule has 0 saturated heterocycles. The van der Waals surface area contributed by atoms with Gasteiger partial charge in [-0.2, -0.15) is 0 Å². The van der Waals surface area contributed by atoms with E-state index in [1.54, 1.807) is 0 Å². The summed E-state index contributed by atoms with van der Waals surface area (Å²) >= 11 is 0.